The summed E-state index contributed by atoms with van der Waals surface area (Å²) in [6.45, 7) is 1.91. The standard InChI is InChI=1S/C9H13N3O2/c1(3-9-4-10-12-11-9)2-8-5-13-7-14-6-8/h1-2,4,8H,3,5-7H2,(H,10,11,12). The zero-order valence-electron chi connectivity index (χ0n) is 7.85. The Kier molecular flexibility index (Phi) is 3.26. The summed E-state index contributed by atoms with van der Waals surface area (Å²) < 4.78 is 10.3. The van der Waals surface area contributed by atoms with Gasteiger partial charge in [0, 0.05) is 12.3 Å². The van der Waals surface area contributed by atoms with E-state index >= 15 is 0 Å². The van der Waals surface area contributed by atoms with Crippen molar-refractivity contribution in [1.29, 1.82) is 0 Å². The van der Waals surface area contributed by atoms with Crippen LogP contribution < -0.4 is 0 Å². The first-order valence-electron chi connectivity index (χ1n) is 4.62. The molecule has 1 aliphatic heterocycles. The topological polar surface area (TPSA) is 60.0 Å². The van der Waals surface area contributed by atoms with Crippen molar-refractivity contribution in [2.24, 2.45) is 5.92 Å². The summed E-state index contributed by atoms with van der Waals surface area (Å²) in [4.78, 5) is 0. The van der Waals surface area contributed by atoms with E-state index in [4.69, 9.17) is 9.47 Å². The summed E-state index contributed by atoms with van der Waals surface area (Å²) in [5, 5.41) is 10.3. The third-order valence-electron chi connectivity index (χ3n) is 2.03. The van der Waals surface area contributed by atoms with Crippen LogP contribution in [0, 0.1) is 5.92 Å². The fraction of sp³-hybridized carbons (Fsp3) is 0.556. The predicted molar refractivity (Wildman–Crippen MR) is 49.5 cm³/mol. The van der Waals surface area contributed by atoms with Gasteiger partial charge in [0.15, 0.2) is 0 Å². The Hall–Kier alpha value is -1.20. The maximum atomic E-state index is 5.16. The molecule has 1 aliphatic rings. The summed E-state index contributed by atoms with van der Waals surface area (Å²) in [7, 11) is 0. The van der Waals surface area contributed by atoms with Crippen molar-refractivity contribution in [3.63, 3.8) is 0 Å². The van der Waals surface area contributed by atoms with Gasteiger partial charge in [-0.15, -0.1) is 0 Å². The molecule has 0 unspecified atom stereocenters. The first kappa shape index (κ1) is 9.36. The number of nitrogens with one attached hydrogen (secondary N) is 1. The average Bonchev–Trinajstić information content (AvgIpc) is 2.72. The molecule has 5 heteroatoms. The Labute approximate surface area is 82.1 Å². The van der Waals surface area contributed by atoms with Crippen LogP contribution in [0.25, 0.3) is 0 Å². The second-order valence-corrected chi connectivity index (χ2v) is 3.21. The number of aromatic amines is 1. The molecular formula is C9H13N3O2. The van der Waals surface area contributed by atoms with Gasteiger partial charge >= 0.3 is 0 Å². The summed E-state index contributed by atoms with van der Waals surface area (Å²) in [6.07, 6.45) is 6.69. The Morgan fingerprint density at radius 3 is 3.07 bits per heavy atom. The molecule has 5 nitrogen and oxygen atoms in total. The van der Waals surface area contributed by atoms with Crippen LogP contribution in [0.3, 0.4) is 0 Å². The fourth-order valence-corrected chi connectivity index (χ4v) is 1.32. The Morgan fingerprint density at radius 1 is 1.50 bits per heavy atom. The van der Waals surface area contributed by atoms with E-state index in [2.05, 4.69) is 27.6 Å². The van der Waals surface area contributed by atoms with Gasteiger partial charge in [-0.2, -0.15) is 15.4 Å². The van der Waals surface area contributed by atoms with Crippen LogP contribution in [0.4, 0.5) is 0 Å². The van der Waals surface area contributed by atoms with Crippen molar-refractivity contribution in [1.82, 2.24) is 15.4 Å². The molecule has 2 rings (SSSR count). The first-order chi connectivity index (χ1) is 6.95. The van der Waals surface area contributed by atoms with Gasteiger partial charge in [-0.1, -0.05) is 12.2 Å². The number of ether oxygens (including phenoxy) is 2. The van der Waals surface area contributed by atoms with Gasteiger partial charge in [-0.25, -0.2) is 0 Å². The summed E-state index contributed by atoms with van der Waals surface area (Å²) in [5.41, 5.74) is 0.943. The average molecular weight is 195 g/mol. The third-order valence-corrected chi connectivity index (χ3v) is 2.03. The van der Waals surface area contributed by atoms with Crippen molar-refractivity contribution in [3.05, 3.63) is 24.0 Å². The highest BCUT2D eigenvalue weighted by molar-refractivity contribution is 5.01. The van der Waals surface area contributed by atoms with E-state index in [1.165, 1.54) is 0 Å². The van der Waals surface area contributed by atoms with E-state index < -0.39 is 0 Å². The minimum absolute atomic E-state index is 0.371. The van der Waals surface area contributed by atoms with Gasteiger partial charge in [-0.05, 0) is 0 Å². The minimum atomic E-state index is 0.371. The van der Waals surface area contributed by atoms with Gasteiger partial charge in [0.25, 0.3) is 0 Å². The van der Waals surface area contributed by atoms with Crippen molar-refractivity contribution >= 4 is 0 Å². The van der Waals surface area contributed by atoms with Crippen molar-refractivity contribution in [3.8, 4) is 0 Å². The molecule has 1 N–H and O–H groups in total. The van der Waals surface area contributed by atoms with Crippen molar-refractivity contribution < 1.29 is 9.47 Å². The zero-order chi connectivity index (χ0) is 9.64. The molecule has 0 bridgehead atoms. The zero-order valence-corrected chi connectivity index (χ0v) is 7.85. The highest BCUT2D eigenvalue weighted by Crippen LogP contribution is 2.07. The van der Waals surface area contributed by atoms with E-state index in [1.54, 1.807) is 6.20 Å². The normalized spacial score (nSPS) is 19.1. The number of allylic oxidation sites excluding steroid dienone is 1. The van der Waals surface area contributed by atoms with Crippen molar-refractivity contribution in [2.45, 2.75) is 6.42 Å². The molecule has 0 radical (unpaired) electrons. The quantitative estimate of drug-likeness (QED) is 0.714. The molecule has 76 valence electrons. The smallest absolute Gasteiger partial charge is 0.146 e. The third kappa shape index (κ3) is 2.65. The molecule has 2 heterocycles. The lowest BCUT2D eigenvalue weighted by Crippen LogP contribution is -2.22. The van der Waals surface area contributed by atoms with Crippen LogP contribution in [0.5, 0.6) is 0 Å². The number of hydrogen-bond donors (Lipinski definition) is 1. The molecule has 14 heavy (non-hydrogen) atoms. The second kappa shape index (κ2) is 4.88. The molecule has 0 amide bonds. The van der Waals surface area contributed by atoms with E-state index in [0.717, 1.165) is 25.3 Å². The Morgan fingerprint density at radius 2 is 2.36 bits per heavy atom. The molecule has 1 aromatic rings. The van der Waals surface area contributed by atoms with Gasteiger partial charge in [0.2, 0.25) is 0 Å². The number of nitrogens with zero attached hydrogens (tertiary/aromatic N) is 2. The molecule has 0 atom stereocenters. The minimum Gasteiger partial charge on any atom is -0.355 e. The van der Waals surface area contributed by atoms with Crippen LogP contribution >= 0.6 is 0 Å². The van der Waals surface area contributed by atoms with Crippen LogP contribution in [0.2, 0.25) is 0 Å². The fourth-order valence-electron chi connectivity index (χ4n) is 1.32. The van der Waals surface area contributed by atoms with E-state index in [9.17, 15) is 0 Å². The molecule has 1 saturated heterocycles. The van der Waals surface area contributed by atoms with Gasteiger partial charge < -0.3 is 9.47 Å². The monoisotopic (exact) mass is 195 g/mol. The van der Waals surface area contributed by atoms with Gasteiger partial charge in [0.1, 0.15) is 6.79 Å². The summed E-state index contributed by atoms with van der Waals surface area (Å²) in [6, 6.07) is 0. The molecule has 0 saturated carbocycles. The predicted octanol–water partition coefficient (Wildman–Crippen LogP) is 0.524. The maximum Gasteiger partial charge on any atom is 0.146 e. The molecule has 0 aromatic carbocycles. The van der Waals surface area contributed by atoms with E-state index in [1.807, 2.05) is 0 Å². The summed E-state index contributed by atoms with van der Waals surface area (Å²) in [5.74, 6) is 0.371. The van der Waals surface area contributed by atoms with Crippen LogP contribution in [-0.4, -0.2) is 35.4 Å². The number of H-pyrrole nitrogens is 1. The van der Waals surface area contributed by atoms with Crippen molar-refractivity contribution in [2.75, 3.05) is 20.0 Å². The van der Waals surface area contributed by atoms with E-state index in [0.29, 0.717) is 12.7 Å². The molecule has 1 aromatic heterocycles. The number of aromatic nitrogens is 3. The molecule has 1 fully saturated rings. The second-order valence-electron chi connectivity index (χ2n) is 3.21. The molecular weight excluding hydrogens is 182 g/mol. The van der Waals surface area contributed by atoms with E-state index in [-0.39, 0.29) is 0 Å². The largest absolute Gasteiger partial charge is 0.355 e. The SMILES string of the molecule is C(=CC1COCOC1)Cc1cn[nH]n1. The van der Waals surface area contributed by atoms with Crippen LogP contribution in [0.1, 0.15) is 5.69 Å². The first-order valence-corrected chi connectivity index (χ1v) is 4.62. The number of rotatable bonds is 3. The maximum absolute atomic E-state index is 5.16. The van der Waals surface area contributed by atoms with Gasteiger partial charge in [-0.3, -0.25) is 0 Å². The lowest BCUT2D eigenvalue weighted by molar-refractivity contribution is -0.115. The lowest BCUT2D eigenvalue weighted by Gasteiger charge is -2.18. The highest BCUT2D eigenvalue weighted by atomic mass is 16.7. The highest BCUT2D eigenvalue weighted by Gasteiger charge is 2.10. The van der Waals surface area contributed by atoms with Gasteiger partial charge in [0.05, 0.1) is 25.1 Å². The molecule has 0 aliphatic carbocycles. The number of hydrogen-bond acceptors (Lipinski definition) is 4. The molecule has 0 spiro atoms. The Bertz CT molecular complexity index is 278. The van der Waals surface area contributed by atoms with Crippen LogP contribution in [-0.2, 0) is 15.9 Å². The van der Waals surface area contributed by atoms with Crippen LogP contribution in [0.15, 0.2) is 18.3 Å². The lowest BCUT2D eigenvalue weighted by atomic mass is 10.1. The Balaban J connectivity index is 1.76. The summed E-state index contributed by atoms with van der Waals surface area (Å²) >= 11 is 0.